The van der Waals surface area contributed by atoms with Gasteiger partial charge in [-0.1, -0.05) is 68.8 Å². The van der Waals surface area contributed by atoms with Crippen molar-refractivity contribution in [3.8, 4) is 38.9 Å². The van der Waals surface area contributed by atoms with Gasteiger partial charge in [-0.25, -0.2) is 14.4 Å². The van der Waals surface area contributed by atoms with Crippen molar-refractivity contribution in [1.29, 1.82) is 0 Å². The number of amides is 3. The van der Waals surface area contributed by atoms with Crippen molar-refractivity contribution in [2.45, 2.75) is 77.9 Å². The number of aliphatic hydroxyl groups is 1. The number of Topliss-reactive ketones (excluding diaryl/α,β-unsaturated/α-hetero) is 1. The van der Waals surface area contributed by atoms with Gasteiger partial charge in [-0.2, -0.15) is 4.98 Å². The number of anilines is 2. The third-order valence-corrected chi connectivity index (χ3v) is 17.8. The molecule has 0 saturated carbocycles. The van der Waals surface area contributed by atoms with Gasteiger partial charge in [0.05, 0.1) is 106 Å². The maximum absolute atomic E-state index is 17.0. The van der Waals surface area contributed by atoms with Crippen molar-refractivity contribution in [1.82, 2.24) is 34.8 Å². The highest BCUT2D eigenvalue weighted by atomic mass is 35.5. The largest absolute Gasteiger partial charge is 0.508 e. The van der Waals surface area contributed by atoms with Crippen molar-refractivity contribution >= 4 is 79.9 Å². The lowest BCUT2D eigenvalue weighted by atomic mass is 9.89. The van der Waals surface area contributed by atoms with Gasteiger partial charge in [-0.05, 0) is 75.6 Å². The Kier molecular flexibility index (Phi) is 25.1. The number of aromatic nitrogens is 4. The highest BCUT2D eigenvalue weighted by molar-refractivity contribution is 7.13. The van der Waals surface area contributed by atoms with Crippen molar-refractivity contribution in [2.24, 2.45) is 5.92 Å². The zero-order chi connectivity index (χ0) is 66.1. The molecule has 2 aliphatic heterocycles. The number of benzene rings is 4. The average Bonchev–Trinajstić information content (AvgIpc) is 1.07. The van der Waals surface area contributed by atoms with Crippen molar-refractivity contribution in [3.05, 3.63) is 100 Å². The number of nitrogens with zero attached hydrogens (tertiary/aromatic N) is 8. The van der Waals surface area contributed by atoms with E-state index in [9.17, 15) is 29.4 Å². The van der Waals surface area contributed by atoms with E-state index in [1.54, 1.807) is 53.5 Å². The predicted octanol–water partition coefficient (Wildman–Crippen LogP) is 8.93. The number of β-amino-alcohol motifs (C(OH)–C–C–N with tert-alkyl or cyclic N) is 1. The van der Waals surface area contributed by atoms with E-state index in [4.69, 9.17) is 54.3 Å². The van der Waals surface area contributed by atoms with E-state index in [0.717, 1.165) is 21.7 Å². The molecule has 23 nitrogen and oxygen atoms in total. The van der Waals surface area contributed by atoms with Crippen LogP contribution >= 0.6 is 22.9 Å². The van der Waals surface area contributed by atoms with E-state index >= 15 is 4.39 Å². The summed E-state index contributed by atoms with van der Waals surface area (Å²) in [6.07, 6.45) is -0.448. The second kappa shape index (κ2) is 33.5. The molecule has 7 aromatic rings. The lowest BCUT2D eigenvalue weighted by Gasteiger charge is -2.35. The fraction of sp³-hybridized carbons (Fsp3) is 0.493. The number of fused-ring (bicyclic) bond motifs is 2. The third kappa shape index (κ3) is 18.0. The van der Waals surface area contributed by atoms with Crippen LogP contribution in [-0.2, 0) is 42.9 Å². The molecule has 93 heavy (non-hydrogen) atoms. The van der Waals surface area contributed by atoms with Gasteiger partial charge in [-0.3, -0.25) is 19.2 Å². The summed E-state index contributed by atoms with van der Waals surface area (Å²) in [5.41, 5.74) is 5.11. The van der Waals surface area contributed by atoms with E-state index in [1.165, 1.54) is 17.9 Å². The van der Waals surface area contributed by atoms with Crippen LogP contribution in [-0.4, -0.2) is 213 Å². The highest BCUT2D eigenvalue weighted by Crippen LogP contribution is 2.43. The van der Waals surface area contributed by atoms with E-state index in [2.05, 4.69) is 20.4 Å². The number of phenolic OH excluding ortho intramolecular Hbond substituents is 1. The summed E-state index contributed by atoms with van der Waals surface area (Å²) in [6, 6.07) is 18.8. The molecule has 500 valence electrons. The molecule has 9 rings (SSSR count). The summed E-state index contributed by atoms with van der Waals surface area (Å²) in [6.45, 7) is 15.1. The molecule has 5 heterocycles. The van der Waals surface area contributed by atoms with Gasteiger partial charge >= 0.3 is 0 Å². The Morgan fingerprint density at radius 2 is 1.54 bits per heavy atom. The number of ketones is 1. The number of likely N-dealkylation sites (tertiary alicyclic amines) is 1. The van der Waals surface area contributed by atoms with Gasteiger partial charge in [0.25, 0.3) is 5.88 Å². The summed E-state index contributed by atoms with van der Waals surface area (Å²) >= 11 is 8.43. The maximum Gasteiger partial charge on any atom is 0.254 e. The normalized spacial score (nSPS) is 15.8. The standard InChI is InChI=1S/C67H83ClFN9O14S/c1-41(2)60(66(84)78-39-48(81)36-54(78)55(82)32-42(3)49-13-12-46(34-56(49)85-7)64-43(4)71-40-93-64)57-38-58(74-92-57)91-31-30-90-29-28-89-27-26-88-25-24-87-23-22-86-21-20-75(6)59(83)14-15-70-67-72-63-52(65(73-67)77-18-16-76(17-19-77)44(5)79)37-53(68)61(62(63)69)51-35-47(80)33-45-10-8-9-11-50(45)51/h8-13,33-35,37-38,40-42,48,54,60,80-81H,14-32,36,39H2,1-7H3,(H,70,72,73)/t42-,48-,54+,60+/m1/s1. The lowest BCUT2D eigenvalue weighted by molar-refractivity contribution is -0.140. The number of halogens is 2. The number of aliphatic hydroxyl groups excluding tert-OH is 1. The quantitative estimate of drug-likeness (QED) is 0.0318. The first kappa shape index (κ1) is 69.7. The first-order chi connectivity index (χ1) is 44.9. The van der Waals surface area contributed by atoms with Gasteiger partial charge in [0, 0.05) is 96.1 Å². The van der Waals surface area contributed by atoms with E-state index in [0.29, 0.717) is 131 Å². The third-order valence-electron chi connectivity index (χ3n) is 16.5. The van der Waals surface area contributed by atoms with Crippen LogP contribution in [0.5, 0.6) is 17.4 Å². The predicted molar refractivity (Wildman–Crippen MR) is 351 cm³/mol. The Labute approximate surface area is 549 Å². The van der Waals surface area contributed by atoms with Crippen LogP contribution in [0, 0.1) is 18.7 Å². The minimum Gasteiger partial charge on any atom is -0.508 e. The van der Waals surface area contributed by atoms with Gasteiger partial charge in [-0.15, -0.1) is 11.3 Å². The lowest BCUT2D eigenvalue weighted by Crippen LogP contribution is -2.48. The van der Waals surface area contributed by atoms with E-state index in [-0.39, 0.29) is 115 Å². The van der Waals surface area contributed by atoms with Gasteiger partial charge in [0.2, 0.25) is 23.7 Å². The SMILES string of the molecule is COc1cc(-c2scnc2C)ccc1[C@H](C)CC(=O)[C@@H]1C[C@@H](O)CN1C(=O)[C@H](c1cc(OCCOCCOCCOCCOCCOCCN(C)C(=O)CCNc2nc(N3CCN(C(C)=O)CC3)c3cc(Cl)c(-c4cc(O)cc5ccccc45)c(F)c3n2)no1)C(C)C. The molecule has 0 aliphatic carbocycles. The average molecular weight is 1320 g/mol. The Hall–Kier alpha value is -7.62. The highest BCUT2D eigenvalue weighted by Gasteiger charge is 2.43. The van der Waals surface area contributed by atoms with Crippen LogP contribution in [0.4, 0.5) is 16.2 Å². The molecule has 3 aromatic heterocycles. The molecule has 2 saturated heterocycles. The number of carbonyl (C=O) groups is 4. The number of phenols is 1. The molecule has 3 amide bonds. The number of nitrogens with one attached hydrogen (secondary N) is 1. The van der Waals surface area contributed by atoms with E-state index in [1.807, 2.05) is 80.6 Å². The number of methoxy groups -OCH3 is 1. The summed E-state index contributed by atoms with van der Waals surface area (Å²) in [5.74, 6) is -0.849. The first-order valence-corrected chi connectivity index (χ1v) is 32.6. The second-order valence-electron chi connectivity index (χ2n) is 23.4. The van der Waals surface area contributed by atoms with Gasteiger partial charge in [0.1, 0.15) is 35.4 Å². The van der Waals surface area contributed by atoms with Crippen LogP contribution in [0.15, 0.2) is 76.8 Å². The number of thiazole rings is 1. The molecule has 3 N–H and O–H groups in total. The maximum atomic E-state index is 17.0. The zero-order valence-corrected chi connectivity index (χ0v) is 55.3. The Morgan fingerprint density at radius 1 is 0.860 bits per heavy atom. The van der Waals surface area contributed by atoms with Gasteiger partial charge in [0.15, 0.2) is 17.4 Å². The number of piperazine rings is 1. The van der Waals surface area contributed by atoms with Gasteiger partial charge < -0.3 is 72.8 Å². The molecule has 0 unspecified atom stereocenters. The molecule has 2 aliphatic rings. The minimum absolute atomic E-state index is 0.0144. The van der Waals surface area contributed by atoms with Crippen LogP contribution in [0.25, 0.3) is 43.2 Å². The zero-order valence-electron chi connectivity index (χ0n) is 53.7. The summed E-state index contributed by atoms with van der Waals surface area (Å²) < 4.78 is 62.4. The fourth-order valence-corrected chi connectivity index (χ4v) is 12.7. The fourth-order valence-electron chi connectivity index (χ4n) is 11.6. The first-order valence-electron chi connectivity index (χ1n) is 31.4. The summed E-state index contributed by atoms with van der Waals surface area (Å²) in [7, 11) is 3.30. The molecule has 0 bridgehead atoms. The number of rotatable bonds is 34. The molecule has 4 aromatic carbocycles. The van der Waals surface area contributed by atoms with Crippen LogP contribution in [0.1, 0.15) is 75.8 Å². The number of carbonyl (C=O) groups excluding carboxylic acids is 4. The molecule has 2 fully saturated rings. The number of likely N-dealkylation sites (N-methyl/N-ethyl adjacent to an activating group) is 1. The minimum atomic E-state index is -0.844. The Balaban J connectivity index is 0.613. The molecule has 0 spiro atoms. The second-order valence-corrected chi connectivity index (χ2v) is 24.7. The topological polar surface area (TPSA) is 263 Å². The Morgan fingerprint density at radius 3 is 2.19 bits per heavy atom. The Bertz CT molecular complexity index is 3680. The molecular formula is C67H83ClFN9O14S. The van der Waals surface area contributed by atoms with Crippen molar-refractivity contribution in [3.63, 3.8) is 0 Å². The molecule has 0 radical (unpaired) electrons. The van der Waals surface area contributed by atoms with Crippen LogP contribution < -0.4 is 19.7 Å². The number of aromatic hydroxyl groups is 1. The van der Waals surface area contributed by atoms with Crippen LogP contribution in [0.3, 0.4) is 0 Å². The summed E-state index contributed by atoms with van der Waals surface area (Å²) in [5, 5.41) is 30.5. The molecule has 26 heteroatoms. The molecular weight excluding hydrogens is 1240 g/mol. The van der Waals surface area contributed by atoms with Crippen LogP contribution in [0.2, 0.25) is 5.02 Å². The van der Waals surface area contributed by atoms with Crippen molar-refractivity contribution in [2.75, 3.05) is 143 Å². The van der Waals surface area contributed by atoms with E-state index < -0.39 is 23.9 Å². The number of hydrogen-bond acceptors (Lipinski definition) is 21. The molecule has 4 atom stereocenters. The van der Waals surface area contributed by atoms with Crippen molar-refractivity contribution < 1.29 is 71.5 Å². The summed E-state index contributed by atoms with van der Waals surface area (Å²) in [4.78, 5) is 75.0. The monoisotopic (exact) mass is 1320 g/mol. The smallest absolute Gasteiger partial charge is 0.254 e. The number of ether oxygens (including phenoxy) is 7. The number of hydrogen-bond donors (Lipinski definition) is 3. The number of aryl methyl sites for hydroxylation is 1.